The third-order valence-electron chi connectivity index (χ3n) is 13.6. The van der Waals surface area contributed by atoms with E-state index in [-0.39, 0.29) is 116 Å². The van der Waals surface area contributed by atoms with Crippen LogP contribution in [0.3, 0.4) is 0 Å². The van der Waals surface area contributed by atoms with Crippen LogP contribution in [-0.2, 0) is 28.7 Å². The van der Waals surface area contributed by atoms with Gasteiger partial charge in [-0.15, -0.1) is 0 Å². The number of nitrogens with one attached hydrogen (secondary N) is 4. The summed E-state index contributed by atoms with van der Waals surface area (Å²) in [6.07, 6.45) is 3.15. The number of carbonyl (C=O) groups is 5. The van der Waals surface area contributed by atoms with Crippen molar-refractivity contribution in [3.63, 3.8) is 0 Å². The van der Waals surface area contributed by atoms with Crippen molar-refractivity contribution in [1.82, 2.24) is 50.9 Å². The zero-order chi connectivity index (χ0) is 54.6. The van der Waals surface area contributed by atoms with Gasteiger partial charge in [0, 0.05) is 56.5 Å². The number of benzene rings is 2. The number of likely N-dealkylation sites (N-methyl/N-ethyl adjacent to an activating group) is 3. The fourth-order valence-electron chi connectivity index (χ4n) is 9.06. The zero-order valence-electron chi connectivity index (χ0n) is 44.4. The molecule has 404 valence electrons. The maximum atomic E-state index is 14.5. The number of rotatable bonds is 21. The normalized spacial score (nSPS) is 19.7. The summed E-state index contributed by atoms with van der Waals surface area (Å²) in [4.78, 5) is 82.0. The number of nitriles is 1. The summed E-state index contributed by atoms with van der Waals surface area (Å²) in [6, 6.07) is 12.2. The van der Waals surface area contributed by atoms with Gasteiger partial charge in [-0.1, -0.05) is 58.0 Å². The maximum absolute atomic E-state index is 14.5. The molecule has 5 amide bonds. The highest BCUT2D eigenvalue weighted by molar-refractivity contribution is 6.01. The third-order valence-corrected chi connectivity index (χ3v) is 13.6. The summed E-state index contributed by atoms with van der Waals surface area (Å²) in [7, 11) is 4.86. The monoisotopic (exact) mass is 1040 g/mol. The van der Waals surface area contributed by atoms with Gasteiger partial charge in [-0.2, -0.15) is 10.4 Å². The molecular weight excluding hydrogens is 966 g/mol. The second-order valence-electron chi connectivity index (χ2n) is 19.9. The summed E-state index contributed by atoms with van der Waals surface area (Å²) >= 11 is 0. The number of ether oxygens (including phenoxy) is 3. The predicted octanol–water partition coefficient (Wildman–Crippen LogP) is 3.18. The quantitative estimate of drug-likeness (QED) is 0.0961. The third kappa shape index (κ3) is 14.2. The number of hydrazone groups is 1. The van der Waals surface area contributed by atoms with Crippen LogP contribution in [0.1, 0.15) is 100 Å². The average molecular weight is 1040 g/mol. The molecule has 3 aliphatic rings. The van der Waals surface area contributed by atoms with Gasteiger partial charge in [0.05, 0.1) is 75.6 Å². The average Bonchev–Trinajstić information content (AvgIpc) is 3.83. The molecule has 6 rings (SSSR count). The van der Waals surface area contributed by atoms with Crippen LogP contribution in [0, 0.1) is 22.6 Å². The van der Waals surface area contributed by atoms with Crippen molar-refractivity contribution in [2.24, 2.45) is 10.5 Å². The number of nitrogens with zero attached hydrogens (tertiary/aromatic N) is 8. The van der Waals surface area contributed by atoms with Crippen molar-refractivity contribution < 1.29 is 42.6 Å². The summed E-state index contributed by atoms with van der Waals surface area (Å²) < 4.78 is 32.0. The Hall–Kier alpha value is -7.06. The first-order valence-electron chi connectivity index (χ1n) is 25.4. The number of amides is 5. The van der Waals surface area contributed by atoms with Crippen molar-refractivity contribution in [2.75, 3.05) is 79.5 Å². The summed E-state index contributed by atoms with van der Waals surface area (Å²) in [5.74, 6) is -2.22. The van der Waals surface area contributed by atoms with E-state index in [1.165, 1.54) is 45.4 Å². The van der Waals surface area contributed by atoms with E-state index >= 15 is 0 Å². The number of fused-ring (bicyclic) bond motifs is 5. The van der Waals surface area contributed by atoms with Crippen LogP contribution in [0.25, 0.3) is 5.57 Å². The molecule has 1 saturated heterocycles. The lowest BCUT2D eigenvalue weighted by molar-refractivity contribution is -0.144. The molecule has 75 heavy (non-hydrogen) atoms. The number of anilines is 1. The highest BCUT2D eigenvalue weighted by Crippen LogP contribution is 2.35. The molecule has 6 N–H and O–H groups in total. The lowest BCUT2D eigenvalue weighted by atomic mass is 9.85. The SMILES string of the molecule is CC[C@@H](NC(=O)[C@@H]1C[C@H](NCCOCCOCCC(=O)N(C)CCN2N=CC3C(=C2C#N)c2cnc(N)c(n2)O[C@H](C)c2cc(F)ccc2C(=O)N3C)CN1C(=O)[C@@H](NC(=O)[C@H](C)NC)C(C)(C)C)c1ccccc1. The first kappa shape index (κ1) is 57.2. The molecule has 4 heterocycles. The fraction of sp³-hybridized carbons (Fsp3) is 0.528. The van der Waals surface area contributed by atoms with E-state index in [4.69, 9.17) is 19.9 Å². The smallest absolute Gasteiger partial charge is 0.258 e. The van der Waals surface area contributed by atoms with Crippen LogP contribution in [0.4, 0.5) is 10.2 Å². The minimum absolute atomic E-state index is 0.0369. The van der Waals surface area contributed by atoms with Gasteiger partial charge in [0.1, 0.15) is 35.8 Å². The van der Waals surface area contributed by atoms with Crippen LogP contribution < -0.4 is 31.7 Å². The number of carbonyl (C=O) groups excluding carboxylic acids is 5. The fourth-order valence-corrected chi connectivity index (χ4v) is 9.06. The molecule has 3 aliphatic heterocycles. The summed E-state index contributed by atoms with van der Waals surface area (Å²) in [5.41, 5.74) is 7.52. The number of allylic oxidation sites excluding steroid dienone is 1. The molecule has 21 nitrogen and oxygen atoms in total. The van der Waals surface area contributed by atoms with Crippen molar-refractivity contribution in [1.29, 1.82) is 5.26 Å². The van der Waals surface area contributed by atoms with Gasteiger partial charge < -0.3 is 55.9 Å². The topological polar surface area (TPSA) is 262 Å². The number of halogens is 1. The van der Waals surface area contributed by atoms with Crippen molar-refractivity contribution >= 4 is 47.1 Å². The minimum atomic E-state index is -0.888. The van der Waals surface area contributed by atoms with Crippen LogP contribution >= 0.6 is 0 Å². The highest BCUT2D eigenvalue weighted by Gasteiger charge is 2.45. The standard InChI is InChI=1S/C53H72FN13O8/c1-10-39(34-14-12-11-13-15-34)61-49(70)41-27-36(31-66(41)52(72)46(53(4,5)6)63-48(69)32(2)57-7)58-19-23-74-25-24-73-22-18-44(68)64(8)20-21-67-42(28-55)45-40-29-59-47(56)50(62-40)75-33(3)38-26-35(54)16-17-37(38)51(71)65(9)43(45)30-60-67/h11-17,26,29-30,32-33,36,39,41,43,46,57-58H,10,18-25,27,31H2,1-9H3,(H2,56,59)(H,61,70)(H,63,69)/t32-,33+,36-,39+,41-,43?,46+/m0/s1. The Bertz CT molecular complexity index is 2620. The summed E-state index contributed by atoms with van der Waals surface area (Å²) in [5, 5.41) is 29.0. The van der Waals surface area contributed by atoms with E-state index < -0.39 is 47.4 Å². The van der Waals surface area contributed by atoms with Crippen LogP contribution in [-0.4, -0.2) is 169 Å². The molecule has 0 saturated carbocycles. The molecule has 1 unspecified atom stereocenters. The first-order chi connectivity index (χ1) is 35.8. The van der Waals surface area contributed by atoms with E-state index in [1.807, 2.05) is 58.0 Å². The Kier molecular flexibility index (Phi) is 19.8. The zero-order valence-corrected chi connectivity index (χ0v) is 44.4. The molecule has 2 bridgehead atoms. The Morgan fingerprint density at radius 1 is 1.07 bits per heavy atom. The van der Waals surface area contributed by atoms with Crippen molar-refractivity contribution in [3.8, 4) is 11.9 Å². The number of hydrogen-bond acceptors (Lipinski definition) is 16. The van der Waals surface area contributed by atoms with Gasteiger partial charge in [0.25, 0.3) is 11.8 Å². The number of likely N-dealkylation sites (tertiary alicyclic amines) is 1. The number of nitrogen functional groups attached to an aromatic ring is 1. The Labute approximate surface area is 438 Å². The molecule has 1 aromatic heterocycles. The Morgan fingerprint density at radius 2 is 1.79 bits per heavy atom. The van der Waals surface area contributed by atoms with Gasteiger partial charge in [-0.25, -0.2) is 14.4 Å². The molecule has 22 heteroatoms. The van der Waals surface area contributed by atoms with Crippen LogP contribution in [0.5, 0.6) is 5.88 Å². The largest absolute Gasteiger partial charge is 0.467 e. The van der Waals surface area contributed by atoms with Gasteiger partial charge in [0.2, 0.25) is 23.6 Å². The molecule has 0 aliphatic carbocycles. The van der Waals surface area contributed by atoms with Gasteiger partial charge in [-0.05, 0) is 62.9 Å². The Morgan fingerprint density at radius 3 is 2.47 bits per heavy atom. The van der Waals surface area contributed by atoms with E-state index in [2.05, 4.69) is 42.4 Å². The second kappa shape index (κ2) is 25.9. The number of nitrogens with two attached hydrogens (primary N) is 1. The Balaban J connectivity index is 0.978. The number of aromatic nitrogens is 2. The highest BCUT2D eigenvalue weighted by atomic mass is 19.1. The van der Waals surface area contributed by atoms with Crippen LogP contribution in [0.15, 0.2) is 65.5 Å². The van der Waals surface area contributed by atoms with Gasteiger partial charge >= 0.3 is 0 Å². The second-order valence-corrected chi connectivity index (χ2v) is 19.9. The van der Waals surface area contributed by atoms with E-state index in [1.54, 1.807) is 39.9 Å². The molecule has 2 aromatic carbocycles. The molecule has 1 fully saturated rings. The van der Waals surface area contributed by atoms with E-state index in [0.717, 1.165) is 5.56 Å². The van der Waals surface area contributed by atoms with Crippen molar-refractivity contribution in [2.45, 2.75) is 103 Å². The summed E-state index contributed by atoms with van der Waals surface area (Å²) in [6.45, 7) is 13.0. The van der Waals surface area contributed by atoms with E-state index in [0.29, 0.717) is 31.6 Å². The maximum Gasteiger partial charge on any atom is 0.258 e. The molecule has 0 radical (unpaired) electrons. The predicted molar refractivity (Wildman–Crippen MR) is 279 cm³/mol. The minimum Gasteiger partial charge on any atom is -0.467 e. The molecule has 7 atom stereocenters. The van der Waals surface area contributed by atoms with Crippen LogP contribution in [0.2, 0.25) is 0 Å². The number of hydrogen-bond donors (Lipinski definition) is 5. The first-order valence-corrected chi connectivity index (χ1v) is 25.4. The van der Waals surface area contributed by atoms with Gasteiger partial charge in [-0.3, -0.25) is 29.0 Å². The lowest BCUT2D eigenvalue weighted by Gasteiger charge is -2.36. The van der Waals surface area contributed by atoms with Crippen molar-refractivity contribution in [3.05, 3.63) is 88.6 Å². The lowest BCUT2D eigenvalue weighted by Crippen LogP contribution is -2.59. The van der Waals surface area contributed by atoms with E-state index in [9.17, 15) is 33.6 Å². The molecule has 3 aromatic rings. The molecular formula is C53H72FN13O8. The van der Waals surface area contributed by atoms with Gasteiger partial charge in [0.15, 0.2) is 5.82 Å². The molecule has 0 spiro atoms.